The van der Waals surface area contributed by atoms with Gasteiger partial charge in [-0.25, -0.2) is 15.0 Å². The van der Waals surface area contributed by atoms with Crippen molar-refractivity contribution in [1.82, 2.24) is 24.9 Å². The van der Waals surface area contributed by atoms with Crippen LogP contribution in [0.2, 0.25) is 0 Å². The summed E-state index contributed by atoms with van der Waals surface area (Å²) in [7, 11) is 0. The number of benzene rings is 6. The van der Waals surface area contributed by atoms with E-state index in [0.717, 1.165) is 94.5 Å². The fourth-order valence-corrected chi connectivity index (χ4v) is 8.37. The molecule has 0 aliphatic rings. The molecule has 4 heterocycles. The largest absolute Gasteiger partial charge is 0.264 e. The molecule has 0 amide bonds. The molecule has 0 aliphatic heterocycles. The highest BCUT2D eigenvalue weighted by Gasteiger charge is 2.21. The van der Waals surface area contributed by atoms with Gasteiger partial charge in [-0.3, -0.25) is 9.97 Å². The minimum Gasteiger partial charge on any atom is -0.264 e. The van der Waals surface area contributed by atoms with E-state index in [1.54, 1.807) is 0 Å². The molecule has 0 aliphatic carbocycles. The lowest BCUT2D eigenvalue weighted by Gasteiger charge is -2.23. The molecule has 294 valence electrons. The first-order valence-electron chi connectivity index (χ1n) is 21.0. The Labute approximate surface area is 356 Å². The first-order chi connectivity index (χ1) is 29.7. The highest BCUT2D eigenvalue weighted by atomic mass is 14.9. The van der Waals surface area contributed by atoms with E-state index in [4.69, 9.17) is 19.9 Å². The molecule has 0 radical (unpaired) electrons. The van der Waals surface area contributed by atoms with Crippen molar-refractivity contribution in [2.45, 2.75) is 46.0 Å². The van der Waals surface area contributed by atoms with Crippen LogP contribution in [0.5, 0.6) is 0 Å². The third-order valence-electron chi connectivity index (χ3n) is 11.6. The number of hydrogen-bond acceptors (Lipinski definition) is 5. The van der Waals surface area contributed by atoms with Crippen LogP contribution < -0.4 is 0 Å². The number of pyridine rings is 3. The van der Waals surface area contributed by atoms with Crippen LogP contribution in [0.15, 0.2) is 176 Å². The summed E-state index contributed by atoms with van der Waals surface area (Å²) in [4.78, 5) is 25.3. The normalized spacial score (nSPS) is 11.8. The van der Waals surface area contributed by atoms with Gasteiger partial charge in [0.05, 0.1) is 28.1 Å². The number of fused-ring (bicyclic) bond motifs is 4. The van der Waals surface area contributed by atoms with Gasteiger partial charge in [-0.15, -0.1) is 0 Å². The summed E-state index contributed by atoms with van der Waals surface area (Å²) in [5.74, 6) is 0.973. The number of aromatic nitrogens is 5. The molecule has 5 nitrogen and oxygen atoms in total. The Kier molecular flexibility index (Phi) is 9.52. The lowest BCUT2D eigenvalue weighted by atomic mass is 9.83. The maximum Gasteiger partial charge on any atom is 0.160 e. The summed E-state index contributed by atoms with van der Waals surface area (Å²) >= 11 is 0. The molecule has 0 bridgehead atoms. The zero-order valence-corrected chi connectivity index (χ0v) is 35.1. The molecular weight excluding hydrogens is 743 g/mol. The molecule has 0 saturated heterocycles. The molecule has 61 heavy (non-hydrogen) atoms. The smallest absolute Gasteiger partial charge is 0.160 e. The predicted molar refractivity (Wildman–Crippen MR) is 253 cm³/mol. The highest BCUT2D eigenvalue weighted by molar-refractivity contribution is 6.05. The fraction of sp³-hybridized carbons (Fsp3) is 0.125. The van der Waals surface area contributed by atoms with Gasteiger partial charge in [-0.1, -0.05) is 156 Å². The van der Waals surface area contributed by atoms with E-state index in [1.165, 1.54) is 10.9 Å². The molecule has 10 rings (SSSR count). The van der Waals surface area contributed by atoms with E-state index in [1.807, 2.05) is 18.5 Å². The van der Waals surface area contributed by atoms with Crippen LogP contribution in [0.4, 0.5) is 0 Å². The summed E-state index contributed by atoms with van der Waals surface area (Å²) in [6, 6.07) is 57.7. The second kappa shape index (κ2) is 15.3. The molecule has 6 aromatic carbocycles. The topological polar surface area (TPSA) is 64.5 Å². The van der Waals surface area contributed by atoms with E-state index < -0.39 is 0 Å². The van der Waals surface area contributed by atoms with Crippen LogP contribution in [-0.2, 0) is 5.41 Å². The Hall–Kier alpha value is -7.37. The first-order valence-corrected chi connectivity index (χ1v) is 21.0. The molecule has 0 spiro atoms. The van der Waals surface area contributed by atoms with Crippen molar-refractivity contribution in [1.29, 1.82) is 0 Å². The maximum atomic E-state index is 5.33. The molecule has 4 aromatic heterocycles. The van der Waals surface area contributed by atoms with Gasteiger partial charge < -0.3 is 0 Å². The van der Waals surface area contributed by atoms with Crippen molar-refractivity contribution in [3.8, 4) is 67.4 Å². The van der Waals surface area contributed by atoms with Gasteiger partial charge >= 0.3 is 0 Å². The zero-order chi connectivity index (χ0) is 41.7. The van der Waals surface area contributed by atoms with Crippen molar-refractivity contribution < 1.29 is 0 Å². The average molecular weight is 788 g/mol. The Morgan fingerprint density at radius 3 is 1.80 bits per heavy atom. The standard InChI is InChI=1S/C56H45N5/c1-35(2)50-32-48(56(3,4)5)47-25-23-37-24-26-49(58-53(37)54(47)59-50)41-18-9-15-38(29-41)39-16-10-20-43(30-39)55-60-51(36-13-7-6-8-14-36)33-52(61-55)42-19-11-17-40(31-42)45-22-12-21-44-34-57-28-27-46(44)45/h6-35H,1-5H3. The van der Waals surface area contributed by atoms with Crippen LogP contribution >= 0.6 is 0 Å². The summed E-state index contributed by atoms with van der Waals surface area (Å²) in [6.45, 7) is 11.2. The van der Waals surface area contributed by atoms with Crippen LogP contribution in [-0.4, -0.2) is 24.9 Å². The molecule has 0 saturated carbocycles. The highest BCUT2D eigenvalue weighted by Crippen LogP contribution is 2.37. The summed E-state index contributed by atoms with van der Waals surface area (Å²) in [5.41, 5.74) is 15.4. The van der Waals surface area contributed by atoms with Crippen LogP contribution in [0, 0.1) is 0 Å². The van der Waals surface area contributed by atoms with Crippen molar-refractivity contribution in [2.24, 2.45) is 0 Å². The lowest BCUT2D eigenvalue weighted by Crippen LogP contribution is -2.13. The minimum absolute atomic E-state index is 0.0319. The monoisotopic (exact) mass is 787 g/mol. The van der Waals surface area contributed by atoms with Gasteiger partial charge in [0.2, 0.25) is 0 Å². The van der Waals surface area contributed by atoms with E-state index in [2.05, 4.69) is 197 Å². The zero-order valence-electron chi connectivity index (χ0n) is 35.1. The molecule has 0 N–H and O–H groups in total. The van der Waals surface area contributed by atoms with E-state index in [-0.39, 0.29) is 5.41 Å². The van der Waals surface area contributed by atoms with Crippen LogP contribution in [0.25, 0.3) is 100.0 Å². The minimum atomic E-state index is -0.0319. The SMILES string of the molecule is CC(C)c1cc(C(C)(C)C)c2ccc3ccc(-c4cccc(-c5cccc(-c6nc(-c7ccccc7)cc(-c7cccc(-c8cccc9cnccc89)c7)n6)c5)c4)nc3c2n1. The predicted octanol–water partition coefficient (Wildman–Crippen LogP) is 14.5. The van der Waals surface area contributed by atoms with Crippen LogP contribution in [0.3, 0.4) is 0 Å². The van der Waals surface area contributed by atoms with E-state index in [0.29, 0.717) is 11.7 Å². The molecule has 0 unspecified atom stereocenters. The molecule has 0 atom stereocenters. The van der Waals surface area contributed by atoms with Gasteiger partial charge in [-0.05, 0) is 87.0 Å². The molecule has 10 aromatic rings. The van der Waals surface area contributed by atoms with Crippen molar-refractivity contribution in [3.63, 3.8) is 0 Å². The Morgan fingerprint density at radius 1 is 0.426 bits per heavy atom. The van der Waals surface area contributed by atoms with Gasteiger partial charge in [0, 0.05) is 56.5 Å². The van der Waals surface area contributed by atoms with E-state index in [9.17, 15) is 0 Å². The van der Waals surface area contributed by atoms with Gasteiger partial charge in [0.15, 0.2) is 5.82 Å². The Morgan fingerprint density at radius 2 is 1.05 bits per heavy atom. The summed E-state index contributed by atoms with van der Waals surface area (Å²) < 4.78 is 0. The second-order valence-electron chi connectivity index (χ2n) is 17.2. The van der Waals surface area contributed by atoms with Gasteiger partial charge in [-0.2, -0.15) is 0 Å². The fourth-order valence-electron chi connectivity index (χ4n) is 8.37. The average Bonchev–Trinajstić information content (AvgIpc) is 3.30. The number of rotatable bonds is 7. The summed E-state index contributed by atoms with van der Waals surface area (Å²) in [5, 5.41) is 4.53. The quantitative estimate of drug-likeness (QED) is 0.151. The Bertz CT molecular complexity index is 3270. The molecule has 5 heteroatoms. The van der Waals surface area contributed by atoms with Crippen molar-refractivity contribution in [3.05, 3.63) is 187 Å². The second-order valence-corrected chi connectivity index (χ2v) is 17.2. The van der Waals surface area contributed by atoms with Crippen molar-refractivity contribution >= 4 is 32.6 Å². The van der Waals surface area contributed by atoms with Gasteiger partial charge in [0.25, 0.3) is 0 Å². The molecule has 0 fully saturated rings. The van der Waals surface area contributed by atoms with Crippen molar-refractivity contribution in [2.75, 3.05) is 0 Å². The van der Waals surface area contributed by atoms with E-state index >= 15 is 0 Å². The number of nitrogens with zero attached hydrogens (tertiary/aromatic N) is 5. The first kappa shape index (κ1) is 37.9. The third-order valence-corrected chi connectivity index (χ3v) is 11.6. The third kappa shape index (κ3) is 7.33. The summed E-state index contributed by atoms with van der Waals surface area (Å²) in [6.07, 6.45) is 3.77. The van der Waals surface area contributed by atoms with Gasteiger partial charge in [0.1, 0.15) is 0 Å². The Balaban J connectivity index is 1.05. The maximum absolute atomic E-state index is 5.33. The molecular formula is C56H45N5. The van der Waals surface area contributed by atoms with Crippen LogP contribution in [0.1, 0.15) is 51.8 Å². The number of hydrogen-bond donors (Lipinski definition) is 0. The lowest BCUT2D eigenvalue weighted by molar-refractivity contribution is 0.593.